The number of hydrogen-bond donors (Lipinski definition) is 0. The van der Waals surface area contributed by atoms with Crippen LogP contribution in [0.2, 0.25) is 0 Å². The van der Waals surface area contributed by atoms with Crippen molar-refractivity contribution in [3.8, 4) is 22.3 Å². The normalized spacial score (nSPS) is 12.1. The van der Waals surface area contributed by atoms with Crippen LogP contribution < -0.4 is 9.80 Å². The fourth-order valence-electron chi connectivity index (χ4n) is 10.1. The minimum Gasteiger partial charge on any atom is -0.456 e. The monoisotopic (exact) mass is 906 g/mol. The van der Waals surface area contributed by atoms with Gasteiger partial charge in [0.1, 0.15) is 22.3 Å². The van der Waals surface area contributed by atoms with Crippen LogP contribution in [0.1, 0.15) is 52.7 Å². The third kappa shape index (κ3) is 7.86. The Bertz CT molecular complexity index is 3890. The van der Waals surface area contributed by atoms with Gasteiger partial charge in [-0.25, -0.2) is 0 Å². The molecule has 0 bridgehead atoms. The summed E-state index contributed by atoms with van der Waals surface area (Å²) in [4.78, 5) is 4.66. The molecule has 0 unspecified atom stereocenters. The number of benzene rings is 10. The second-order valence-electron chi connectivity index (χ2n) is 20.7. The summed E-state index contributed by atoms with van der Waals surface area (Å²) < 4.78 is 13.6. The third-order valence-electron chi connectivity index (χ3n) is 13.9. The lowest BCUT2D eigenvalue weighted by Crippen LogP contribution is -2.14. The molecule has 0 aliphatic carbocycles. The van der Waals surface area contributed by atoms with E-state index in [4.69, 9.17) is 8.83 Å². The van der Waals surface area contributed by atoms with Crippen molar-refractivity contribution in [3.63, 3.8) is 0 Å². The fourth-order valence-corrected chi connectivity index (χ4v) is 10.1. The maximum atomic E-state index is 6.80. The van der Waals surface area contributed by atoms with E-state index in [1.54, 1.807) is 0 Å². The molecule has 10 aromatic carbocycles. The summed E-state index contributed by atoms with van der Waals surface area (Å²) >= 11 is 0. The Balaban J connectivity index is 0.931. The van der Waals surface area contributed by atoms with Crippen LogP contribution >= 0.6 is 0 Å². The van der Waals surface area contributed by atoms with Gasteiger partial charge in [-0.1, -0.05) is 151 Å². The van der Waals surface area contributed by atoms with E-state index >= 15 is 0 Å². The summed E-state index contributed by atoms with van der Waals surface area (Å²) in [6.45, 7) is 13.6. The molecular formula is C66H54N2O2. The Morgan fingerprint density at radius 2 is 0.671 bits per heavy atom. The molecule has 70 heavy (non-hydrogen) atoms. The predicted molar refractivity (Wildman–Crippen MR) is 296 cm³/mol. The van der Waals surface area contributed by atoms with Crippen molar-refractivity contribution < 1.29 is 8.83 Å². The molecule has 0 radical (unpaired) electrons. The van der Waals surface area contributed by atoms with Crippen LogP contribution in [-0.4, -0.2) is 0 Å². The SMILES string of the molecule is CC(C)(C)c1ccc(N(c2ccc(-c3ccccc3)cc2)c2ccc3c(c2)oc2cc4cc5c(cc4cc23)oc2cc(N(c3cccc(-c4ccccc4)c3)c3cccc(C(C)(C)C)c3)ccc25)cc1. The lowest BCUT2D eigenvalue weighted by atomic mass is 9.87. The van der Waals surface area contributed by atoms with Crippen molar-refractivity contribution in [3.05, 3.63) is 230 Å². The van der Waals surface area contributed by atoms with E-state index in [2.05, 4.69) is 270 Å². The zero-order chi connectivity index (χ0) is 47.7. The second-order valence-corrected chi connectivity index (χ2v) is 20.7. The van der Waals surface area contributed by atoms with E-state index in [1.165, 1.54) is 33.4 Å². The highest BCUT2D eigenvalue weighted by Gasteiger charge is 2.22. The number of nitrogens with zero attached hydrogens (tertiary/aromatic N) is 2. The van der Waals surface area contributed by atoms with E-state index in [0.717, 1.165) is 88.8 Å². The molecule has 0 saturated heterocycles. The lowest BCUT2D eigenvalue weighted by molar-refractivity contribution is 0.590. The standard InChI is InChI=1S/C66H54N2O2/c1-65(2,3)49-25-29-52(30-26-49)67(51-27-23-45(24-28-51)43-15-9-7-10-16-43)55-31-33-57-59-36-47-39-62-60(37-48(47)38-61(59)69-63(57)41-55)58-34-32-56(42-64(58)70-62)68(54-22-14-20-50(40-54)66(4,5)6)53-21-13-19-46(35-53)44-17-11-8-12-18-44/h7-42H,1-6H3. The van der Waals surface area contributed by atoms with Gasteiger partial charge in [0, 0.05) is 67.8 Å². The largest absolute Gasteiger partial charge is 0.456 e. The molecular weight excluding hydrogens is 853 g/mol. The Morgan fingerprint density at radius 3 is 1.20 bits per heavy atom. The highest BCUT2D eigenvalue weighted by Crippen LogP contribution is 2.44. The van der Waals surface area contributed by atoms with E-state index in [1.807, 2.05) is 0 Å². The van der Waals surface area contributed by atoms with Crippen LogP contribution in [-0.2, 0) is 10.8 Å². The number of furan rings is 2. The average Bonchev–Trinajstić information content (AvgIpc) is 3.91. The maximum absolute atomic E-state index is 6.80. The minimum atomic E-state index is -0.00825. The van der Waals surface area contributed by atoms with Crippen LogP contribution in [0.15, 0.2) is 227 Å². The highest BCUT2D eigenvalue weighted by atomic mass is 16.3. The van der Waals surface area contributed by atoms with Gasteiger partial charge >= 0.3 is 0 Å². The Hall–Kier alpha value is -8.34. The van der Waals surface area contributed by atoms with Gasteiger partial charge < -0.3 is 18.6 Å². The molecule has 12 rings (SSSR count). The lowest BCUT2D eigenvalue weighted by Gasteiger charge is -2.28. The summed E-state index contributed by atoms with van der Waals surface area (Å²) in [6.07, 6.45) is 0. The van der Waals surface area contributed by atoms with Gasteiger partial charge in [0.2, 0.25) is 0 Å². The van der Waals surface area contributed by atoms with Gasteiger partial charge in [-0.05, 0) is 152 Å². The molecule has 12 aromatic rings. The van der Waals surface area contributed by atoms with Gasteiger partial charge in [0.25, 0.3) is 0 Å². The molecule has 4 nitrogen and oxygen atoms in total. The summed E-state index contributed by atoms with van der Waals surface area (Å²) in [6, 6.07) is 78.7. The van der Waals surface area contributed by atoms with Crippen molar-refractivity contribution in [1.82, 2.24) is 0 Å². The molecule has 0 aliphatic heterocycles. The van der Waals surface area contributed by atoms with Crippen molar-refractivity contribution in [2.75, 3.05) is 9.80 Å². The Labute approximate surface area is 409 Å². The quantitative estimate of drug-likeness (QED) is 0.152. The van der Waals surface area contributed by atoms with Crippen molar-refractivity contribution in [1.29, 1.82) is 0 Å². The van der Waals surface area contributed by atoms with Gasteiger partial charge in [0.15, 0.2) is 0 Å². The summed E-state index contributed by atoms with van der Waals surface area (Å²) in [5.74, 6) is 0. The van der Waals surface area contributed by atoms with E-state index in [9.17, 15) is 0 Å². The zero-order valence-electron chi connectivity index (χ0n) is 40.5. The summed E-state index contributed by atoms with van der Waals surface area (Å²) in [7, 11) is 0. The predicted octanol–water partition coefficient (Wildman–Crippen LogP) is 19.5. The number of fused-ring (bicyclic) bond motifs is 7. The van der Waals surface area contributed by atoms with Gasteiger partial charge in [-0.3, -0.25) is 0 Å². The van der Waals surface area contributed by atoms with Crippen LogP contribution in [0.5, 0.6) is 0 Å². The topological polar surface area (TPSA) is 32.8 Å². The minimum absolute atomic E-state index is 0.00825. The fraction of sp³-hybridized carbons (Fsp3) is 0.121. The Kier molecular flexibility index (Phi) is 10.3. The first kappa shape index (κ1) is 43.0. The highest BCUT2D eigenvalue weighted by molar-refractivity contribution is 6.15. The third-order valence-corrected chi connectivity index (χ3v) is 13.9. The molecule has 0 fully saturated rings. The number of hydrogen-bond acceptors (Lipinski definition) is 4. The molecule has 0 N–H and O–H groups in total. The molecule has 0 spiro atoms. The molecule has 2 aromatic heterocycles. The van der Waals surface area contributed by atoms with E-state index < -0.39 is 0 Å². The van der Waals surface area contributed by atoms with Crippen molar-refractivity contribution in [2.45, 2.75) is 52.4 Å². The van der Waals surface area contributed by atoms with Crippen LogP contribution in [0.3, 0.4) is 0 Å². The maximum Gasteiger partial charge on any atom is 0.137 e. The second kappa shape index (κ2) is 16.7. The van der Waals surface area contributed by atoms with Crippen LogP contribution in [0.25, 0.3) is 76.9 Å². The van der Waals surface area contributed by atoms with Gasteiger partial charge in [0.05, 0.1) is 0 Å². The average molecular weight is 907 g/mol. The van der Waals surface area contributed by atoms with E-state index in [-0.39, 0.29) is 10.8 Å². The van der Waals surface area contributed by atoms with Gasteiger partial charge in [-0.2, -0.15) is 0 Å². The summed E-state index contributed by atoms with van der Waals surface area (Å²) in [5, 5.41) is 6.50. The first-order valence-corrected chi connectivity index (χ1v) is 24.3. The molecule has 0 aliphatic rings. The first-order valence-electron chi connectivity index (χ1n) is 24.3. The molecule has 4 heteroatoms. The van der Waals surface area contributed by atoms with Gasteiger partial charge in [-0.15, -0.1) is 0 Å². The molecule has 0 saturated carbocycles. The Morgan fingerprint density at radius 1 is 0.271 bits per heavy atom. The molecule has 340 valence electrons. The van der Waals surface area contributed by atoms with E-state index in [0.29, 0.717) is 0 Å². The molecule has 0 amide bonds. The number of rotatable bonds is 8. The van der Waals surface area contributed by atoms with Crippen LogP contribution in [0.4, 0.5) is 34.1 Å². The van der Waals surface area contributed by atoms with Crippen molar-refractivity contribution >= 4 is 88.8 Å². The molecule has 0 atom stereocenters. The van der Waals surface area contributed by atoms with Crippen molar-refractivity contribution in [2.24, 2.45) is 0 Å². The first-order chi connectivity index (χ1) is 33.9. The number of anilines is 6. The smallest absolute Gasteiger partial charge is 0.137 e. The zero-order valence-corrected chi connectivity index (χ0v) is 40.5. The molecule has 2 heterocycles. The summed E-state index contributed by atoms with van der Waals surface area (Å²) in [5.41, 5.74) is 17.1. The van der Waals surface area contributed by atoms with Crippen LogP contribution in [0, 0.1) is 0 Å².